The summed E-state index contributed by atoms with van der Waals surface area (Å²) in [5.41, 5.74) is -1.02. The maximum Gasteiger partial charge on any atom is 0.320 e. The summed E-state index contributed by atoms with van der Waals surface area (Å²) >= 11 is 0. The second kappa shape index (κ2) is 6.23. The molecular formula is C19H28O3. The van der Waals surface area contributed by atoms with Crippen molar-refractivity contribution in [1.82, 2.24) is 0 Å². The van der Waals surface area contributed by atoms with Crippen molar-refractivity contribution in [3.05, 3.63) is 36.0 Å². The lowest BCUT2D eigenvalue weighted by Crippen LogP contribution is -2.33. The Labute approximate surface area is 134 Å². The topological polar surface area (TPSA) is 43.4 Å². The molecule has 0 fully saturated rings. The van der Waals surface area contributed by atoms with Gasteiger partial charge in [0.05, 0.1) is 0 Å². The molecule has 122 valence electrons. The van der Waals surface area contributed by atoms with Crippen molar-refractivity contribution in [3.63, 3.8) is 0 Å². The molecule has 0 N–H and O–H groups in total. The van der Waals surface area contributed by atoms with Crippen molar-refractivity contribution in [1.29, 1.82) is 0 Å². The second-order valence-corrected chi connectivity index (χ2v) is 8.26. The molecule has 1 atom stereocenters. The first-order valence-corrected chi connectivity index (χ1v) is 7.68. The molecule has 0 radical (unpaired) electrons. The van der Waals surface area contributed by atoms with Gasteiger partial charge in [0.1, 0.15) is 11.0 Å². The summed E-state index contributed by atoms with van der Waals surface area (Å²) < 4.78 is 5.49. The van der Waals surface area contributed by atoms with Crippen LogP contribution >= 0.6 is 0 Å². The van der Waals surface area contributed by atoms with Gasteiger partial charge in [-0.25, -0.2) is 0 Å². The van der Waals surface area contributed by atoms with Crippen LogP contribution in [0.1, 0.15) is 54.9 Å². The van der Waals surface area contributed by atoms with E-state index in [1.807, 2.05) is 41.5 Å². The first kappa shape index (κ1) is 18.4. The van der Waals surface area contributed by atoms with E-state index in [0.29, 0.717) is 12.0 Å². The molecule has 22 heavy (non-hydrogen) atoms. The molecule has 0 aromatic heterocycles. The van der Waals surface area contributed by atoms with Crippen LogP contribution in [0.3, 0.4) is 0 Å². The van der Waals surface area contributed by atoms with Gasteiger partial charge in [-0.05, 0) is 33.1 Å². The minimum Gasteiger partial charge on any atom is -0.459 e. The molecule has 3 heteroatoms. The number of carbonyl (C=O) groups excluding carboxylic acids is 2. The number of hydrogen-bond donors (Lipinski definition) is 0. The number of rotatable bonds is 3. The number of ether oxygens (including phenoxy) is 1. The van der Waals surface area contributed by atoms with Gasteiger partial charge in [0.15, 0.2) is 5.78 Å². The highest BCUT2D eigenvalue weighted by Gasteiger charge is 2.34. The van der Waals surface area contributed by atoms with Gasteiger partial charge in [0, 0.05) is 12.0 Å². The van der Waals surface area contributed by atoms with Crippen LogP contribution in [0.4, 0.5) is 0 Å². The van der Waals surface area contributed by atoms with E-state index in [9.17, 15) is 9.59 Å². The van der Waals surface area contributed by atoms with Crippen molar-refractivity contribution < 1.29 is 14.3 Å². The van der Waals surface area contributed by atoms with E-state index in [1.165, 1.54) is 0 Å². The Morgan fingerprint density at radius 3 is 2.18 bits per heavy atom. The van der Waals surface area contributed by atoms with E-state index < -0.39 is 11.0 Å². The summed E-state index contributed by atoms with van der Waals surface area (Å²) in [6, 6.07) is 0. The molecular weight excluding hydrogens is 276 g/mol. The van der Waals surface area contributed by atoms with E-state index in [0.717, 1.165) is 0 Å². The Morgan fingerprint density at radius 1 is 1.09 bits per heavy atom. The lowest BCUT2D eigenvalue weighted by molar-refractivity contribution is -0.161. The van der Waals surface area contributed by atoms with Gasteiger partial charge in [-0.3, -0.25) is 9.59 Å². The van der Waals surface area contributed by atoms with E-state index in [2.05, 4.69) is 0 Å². The SMILES string of the molecule is CC(C)(C)CC(=O)C1=CC(C)(C(=O)OC(C)(C)C)C=CC=C1. The fraction of sp³-hybridized carbons (Fsp3) is 0.579. The number of allylic oxidation sites excluding steroid dienone is 4. The Bertz CT molecular complexity index is 536. The fourth-order valence-corrected chi connectivity index (χ4v) is 2.11. The molecule has 0 saturated heterocycles. The molecule has 0 spiro atoms. The van der Waals surface area contributed by atoms with Crippen LogP contribution in [0, 0.1) is 10.8 Å². The summed E-state index contributed by atoms with van der Waals surface area (Å²) in [5.74, 6) is -0.303. The third-order valence-corrected chi connectivity index (χ3v) is 3.14. The van der Waals surface area contributed by atoms with E-state index in [1.54, 1.807) is 37.3 Å². The van der Waals surface area contributed by atoms with Crippen LogP contribution in [0.5, 0.6) is 0 Å². The minimum atomic E-state index is -0.931. The van der Waals surface area contributed by atoms with Gasteiger partial charge in [-0.15, -0.1) is 0 Å². The first-order chi connectivity index (χ1) is 9.82. The molecule has 0 bridgehead atoms. The lowest BCUT2D eigenvalue weighted by atomic mass is 9.84. The zero-order valence-corrected chi connectivity index (χ0v) is 14.8. The van der Waals surface area contributed by atoms with Crippen LogP contribution < -0.4 is 0 Å². The Hall–Kier alpha value is -1.64. The third-order valence-electron chi connectivity index (χ3n) is 3.14. The summed E-state index contributed by atoms with van der Waals surface area (Å²) in [6.07, 6.45) is 9.28. The molecule has 0 aliphatic heterocycles. The number of esters is 1. The maximum absolute atomic E-state index is 12.5. The average molecular weight is 304 g/mol. The molecule has 0 heterocycles. The van der Waals surface area contributed by atoms with Crippen molar-refractivity contribution in [3.8, 4) is 0 Å². The Morgan fingerprint density at radius 2 is 1.68 bits per heavy atom. The summed E-state index contributed by atoms with van der Waals surface area (Å²) in [4.78, 5) is 24.9. The van der Waals surface area contributed by atoms with Gasteiger partial charge in [0.25, 0.3) is 0 Å². The van der Waals surface area contributed by atoms with Gasteiger partial charge in [0.2, 0.25) is 0 Å². The maximum atomic E-state index is 12.5. The van der Waals surface area contributed by atoms with Crippen LogP contribution in [-0.4, -0.2) is 17.4 Å². The highest BCUT2D eigenvalue weighted by Crippen LogP contribution is 2.31. The molecule has 1 aliphatic carbocycles. The van der Waals surface area contributed by atoms with Crippen LogP contribution in [-0.2, 0) is 14.3 Å². The Balaban J connectivity index is 3.08. The van der Waals surface area contributed by atoms with E-state index >= 15 is 0 Å². The largest absolute Gasteiger partial charge is 0.459 e. The fourth-order valence-electron chi connectivity index (χ4n) is 2.11. The van der Waals surface area contributed by atoms with Crippen molar-refractivity contribution >= 4 is 11.8 Å². The van der Waals surface area contributed by atoms with Crippen LogP contribution in [0.2, 0.25) is 0 Å². The van der Waals surface area contributed by atoms with E-state index in [-0.39, 0.29) is 17.2 Å². The van der Waals surface area contributed by atoms with Crippen molar-refractivity contribution in [2.75, 3.05) is 0 Å². The van der Waals surface area contributed by atoms with Gasteiger partial charge in [-0.2, -0.15) is 0 Å². The van der Waals surface area contributed by atoms with Crippen molar-refractivity contribution in [2.45, 2.75) is 60.5 Å². The number of carbonyl (C=O) groups is 2. The standard InChI is InChI=1S/C19H28O3/c1-17(2,3)13-15(20)14-10-8-9-11-19(7,12-14)16(21)22-18(4,5)6/h8-12H,13H2,1-7H3. The molecule has 1 aliphatic rings. The molecule has 1 unspecified atom stereocenters. The smallest absolute Gasteiger partial charge is 0.320 e. The predicted molar refractivity (Wildman–Crippen MR) is 89.4 cm³/mol. The molecule has 0 saturated carbocycles. The number of hydrogen-bond acceptors (Lipinski definition) is 3. The predicted octanol–water partition coefficient (Wildman–Crippen LogP) is 4.39. The van der Waals surface area contributed by atoms with E-state index in [4.69, 9.17) is 4.74 Å². The number of ketones is 1. The average Bonchev–Trinajstić information content (AvgIpc) is 2.48. The third kappa shape index (κ3) is 5.63. The highest BCUT2D eigenvalue weighted by atomic mass is 16.6. The molecule has 0 amide bonds. The van der Waals surface area contributed by atoms with Gasteiger partial charge in [-0.1, -0.05) is 51.2 Å². The van der Waals surface area contributed by atoms with Crippen LogP contribution in [0.15, 0.2) is 36.0 Å². The minimum absolute atomic E-state index is 0.0437. The monoisotopic (exact) mass is 304 g/mol. The lowest BCUT2D eigenvalue weighted by Gasteiger charge is -2.27. The molecule has 1 rings (SSSR count). The molecule has 3 nitrogen and oxygen atoms in total. The van der Waals surface area contributed by atoms with Gasteiger partial charge < -0.3 is 4.74 Å². The molecule has 0 aromatic rings. The van der Waals surface area contributed by atoms with Crippen LogP contribution in [0.25, 0.3) is 0 Å². The van der Waals surface area contributed by atoms with Gasteiger partial charge >= 0.3 is 5.97 Å². The Kier molecular flexibility index (Phi) is 5.21. The summed E-state index contributed by atoms with van der Waals surface area (Å²) in [6.45, 7) is 13.4. The first-order valence-electron chi connectivity index (χ1n) is 7.68. The summed E-state index contributed by atoms with van der Waals surface area (Å²) in [5, 5.41) is 0. The normalized spacial score (nSPS) is 22.0. The van der Waals surface area contributed by atoms with Crippen molar-refractivity contribution in [2.24, 2.45) is 10.8 Å². The molecule has 0 aromatic carbocycles. The highest BCUT2D eigenvalue weighted by molar-refractivity contribution is 6.00. The number of Topliss-reactive ketones (excluding diaryl/α,β-unsaturated/α-hetero) is 1. The zero-order chi connectivity index (χ0) is 17.2. The second-order valence-electron chi connectivity index (χ2n) is 8.26. The quantitative estimate of drug-likeness (QED) is 0.726. The summed E-state index contributed by atoms with van der Waals surface area (Å²) in [7, 11) is 0. The zero-order valence-electron chi connectivity index (χ0n) is 14.8.